The molecule has 0 N–H and O–H groups in total. The molecule has 3 heteroatoms. The highest BCUT2D eigenvalue weighted by atomic mass is 16.3. The summed E-state index contributed by atoms with van der Waals surface area (Å²) in [5.41, 5.74) is 18.3. The summed E-state index contributed by atoms with van der Waals surface area (Å²) in [5, 5.41) is 4.14. The van der Waals surface area contributed by atoms with Crippen molar-refractivity contribution in [2.45, 2.75) is 12.3 Å². The Labute approximate surface area is 342 Å². The van der Waals surface area contributed by atoms with Gasteiger partial charge in [-0.05, 0) is 93.4 Å². The van der Waals surface area contributed by atoms with Gasteiger partial charge in [0.2, 0.25) is 0 Å². The first-order chi connectivity index (χ1) is 29.2. The molecule has 2 aromatic heterocycles. The van der Waals surface area contributed by atoms with Crippen LogP contribution in [-0.2, 0) is 5.41 Å². The molecule has 10 aromatic rings. The lowest BCUT2D eigenvalue weighted by Crippen LogP contribution is -2.25. The second-order valence-corrected chi connectivity index (χ2v) is 15.4. The minimum Gasteiger partial charge on any atom is -0.456 e. The van der Waals surface area contributed by atoms with Crippen LogP contribution in [0.3, 0.4) is 0 Å². The van der Waals surface area contributed by atoms with Crippen LogP contribution < -0.4 is 4.90 Å². The van der Waals surface area contributed by atoms with Gasteiger partial charge in [-0.1, -0.05) is 164 Å². The SMILES string of the molecule is C=C/C=C\C(=C/C)N(c1ccccc1)c1cccc2c1oc1c(-c3cccc4c3-c3ccccc3C43c4ccccc4-c4ccccc43)c3c(cc12)oc1ccccc13. The van der Waals surface area contributed by atoms with Crippen molar-refractivity contribution in [3.8, 4) is 33.4 Å². The summed E-state index contributed by atoms with van der Waals surface area (Å²) < 4.78 is 14.2. The Morgan fingerprint density at radius 1 is 0.525 bits per heavy atom. The molecule has 0 aliphatic heterocycles. The summed E-state index contributed by atoms with van der Waals surface area (Å²) in [4.78, 5) is 2.26. The number of fused-ring (bicyclic) bond motifs is 16. The van der Waals surface area contributed by atoms with Crippen LogP contribution in [0.1, 0.15) is 29.2 Å². The van der Waals surface area contributed by atoms with Gasteiger partial charge in [0.05, 0.1) is 11.1 Å². The van der Waals surface area contributed by atoms with Crippen LogP contribution in [-0.4, -0.2) is 0 Å². The second-order valence-electron chi connectivity index (χ2n) is 15.4. The van der Waals surface area contributed by atoms with Crippen LogP contribution in [0.2, 0.25) is 0 Å². The zero-order chi connectivity index (χ0) is 39.2. The Bertz CT molecular complexity index is 3380. The van der Waals surface area contributed by atoms with Gasteiger partial charge in [0.25, 0.3) is 0 Å². The summed E-state index contributed by atoms with van der Waals surface area (Å²) in [6.45, 7) is 6.02. The van der Waals surface area contributed by atoms with E-state index in [-0.39, 0.29) is 0 Å². The summed E-state index contributed by atoms with van der Waals surface area (Å²) in [6.07, 6.45) is 8.00. The molecule has 2 heterocycles. The molecule has 0 radical (unpaired) electrons. The van der Waals surface area contributed by atoms with Gasteiger partial charge in [0, 0.05) is 38.5 Å². The Kier molecular flexibility index (Phi) is 7.21. The van der Waals surface area contributed by atoms with Crippen molar-refractivity contribution in [1.82, 2.24) is 0 Å². The summed E-state index contributed by atoms with van der Waals surface area (Å²) >= 11 is 0. The molecule has 59 heavy (non-hydrogen) atoms. The number of nitrogens with zero attached hydrogens (tertiary/aromatic N) is 1. The van der Waals surface area contributed by atoms with Crippen molar-refractivity contribution in [2.24, 2.45) is 0 Å². The molecular weight excluding hydrogens is 719 g/mol. The Morgan fingerprint density at radius 3 is 1.88 bits per heavy atom. The quantitative estimate of drug-likeness (QED) is 0.158. The van der Waals surface area contributed by atoms with E-state index in [1.165, 1.54) is 44.5 Å². The van der Waals surface area contributed by atoms with Gasteiger partial charge in [-0.3, -0.25) is 0 Å². The lowest BCUT2D eigenvalue weighted by molar-refractivity contribution is 0.664. The van der Waals surface area contributed by atoms with Crippen LogP contribution in [0.15, 0.2) is 215 Å². The van der Waals surface area contributed by atoms with Crippen LogP contribution in [0.5, 0.6) is 0 Å². The first kappa shape index (κ1) is 33.5. The van der Waals surface area contributed by atoms with E-state index in [0.717, 1.165) is 72.1 Å². The Hall–Kier alpha value is -7.62. The number of rotatable bonds is 6. The maximum atomic E-state index is 7.42. The first-order valence-corrected chi connectivity index (χ1v) is 20.3. The Balaban J connectivity index is 1.22. The molecule has 0 fully saturated rings. The monoisotopic (exact) mass is 755 g/mol. The molecule has 0 bridgehead atoms. The van der Waals surface area contributed by atoms with Crippen LogP contribution >= 0.6 is 0 Å². The lowest BCUT2D eigenvalue weighted by atomic mass is 9.70. The maximum Gasteiger partial charge on any atom is 0.159 e. The van der Waals surface area contributed by atoms with Crippen molar-refractivity contribution in [2.75, 3.05) is 4.90 Å². The first-order valence-electron chi connectivity index (χ1n) is 20.3. The molecule has 8 aromatic carbocycles. The third kappa shape index (κ3) is 4.47. The molecule has 0 amide bonds. The lowest BCUT2D eigenvalue weighted by Gasteiger charge is -2.30. The summed E-state index contributed by atoms with van der Waals surface area (Å²) in [5.74, 6) is 0. The fourth-order valence-corrected chi connectivity index (χ4v) is 10.4. The van der Waals surface area contributed by atoms with Gasteiger partial charge in [0.15, 0.2) is 5.58 Å². The molecule has 0 atom stereocenters. The molecule has 2 aliphatic carbocycles. The topological polar surface area (TPSA) is 29.5 Å². The van der Waals surface area contributed by atoms with Gasteiger partial charge >= 0.3 is 0 Å². The van der Waals surface area contributed by atoms with Gasteiger partial charge < -0.3 is 13.7 Å². The average Bonchev–Trinajstić information content (AvgIpc) is 4.03. The van der Waals surface area contributed by atoms with Gasteiger partial charge in [-0.15, -0.1) is 0 Å². The van der Waals surface area contributed by atoms with Crippen LogP contribution in [0.25, 0.3) is 77.3 Å². The van der Waals surface area contributed by atoms with E-state index >= 15 is 0 Å². The van der Waals surface area contributed by atoms with E-state index in [9.17, 15) is 0 Å². The minimum atomic E-state index is -0.473. The number of furan rings is 2. The van der Waals surface area contributed by atoms with E-state index in [2.05, 4.69) is 188 Å². The molecule has 0 saturated carbocycles. The summed E-state index contributed by atoms with van der Waals surface area (Å²) in [6, 6.07) is 61.4. The van der Waals surface area contributed by atoms with E-state index < -0.39 is 5.41 Å². The highest BCUT2D eigenvalue weighted by Crippen LogP contribution is 2.64. The molecular formula is C56H37NO2. The van der Waals surface area contributed by atoms with Crippen LogP contribution in [0.4, 0.5) is 11.4 Å². The van der Waals surface area contributed by atoms with E-state index in [0.29, 0.717) is 0 Å². The van der Waals surface area contributed by atoms with Gasteiger partial charge in [-0.2, -0.15) is 0 Å². The number of allylic oxidation sites excluding steroid dienone is 4. The normalized spacial score (nSPS) is 13.7. The fourth-order valence-electron chi connectivity index (χ4n) is 10.4. The third-order valence-corrected chi connectivity index (χ3v) is 12.6. The largest absolute Gasteiger partial charge is 0.456 e. The highest BCUT2D eigenvalue weighted by Gasteiger charge is 2.52. The predicted octanol–water partition coefficient (Wildman–Crippen LogP) is 15.3. The number of hydrogen-bond acceptors (Lipinski definition) is 3. The zero-order valence-electron chi connectivity index (χ0n) is 32.4. The zero-order valence-corrected chi connectivity index (χ0v) is 32.4. The van der Waals surface area contributed by atoms with Gasteiger partial charge in [-0.25, -0.2) is 0 Å². The summed E-state index contributed by atoms with van der Waals surface area (Å²) in [7, 11) is 0. The van der Waals surface area contributed by atoms with Crippen molar-refractivity contribution < 1.29 is 8.83 Å². The predicted molar refractivity (Wildman–Crippen MR) is 244 cm³/mol. The highest BCUT2D eigenvalue weighted by molar-refractivity contribution is 6.25. The number of anilines is 2. The second kappa shape index (κ2) is 12.7. The number of hydrogen-bond donors (Lipinski definition) is 0. The number of para-hydroxylation sites is 3. The average molecular weight is 756 g/mol. The van der Waals surface area contributed by atoms with Crippen LogP contribution in [0, 0.1) is 0 Å². The smallest absolute Gasteiger partial charge is 0.159 e. The Morgan fingerprint density at radius 2 is 1.14 bits per heavy atom. The van der Waals surface area contributed by atoms with E-state index in [1.54, 1.807) is 0 Å². The molecule has 2 aliphatic rings. The molecule has 1 spiro atoms. The van der Waals surface area contributed by atoms with Crippen molar-refractivity contribution >= 4 is 55.3 Å². The minimum absolute atomic E-state index is 0.473. The van der Waals surface area contributed by atoms with E-state index in [1.807, 2.05) is 24.3 Å². The standard InChI is InChI=1S/C56H37NO2/c1-3-5-19-35(4-2)57(36-20-7-6-8-21-36)48-32-18-26-39-43-34-50-52(41-25-12-16-33-49(41)58-50)53(55(43)59-54(39)48)42-27-17-31-47-51(42)40-24-11-15-30-46(40)56(47)44-28-13-9-22-37(44)38-23-10-14-29-45(38)56/h3-34H,1H2,2H3/b19-5-,35-4+. The third-order valence-electron chi connectivity index (χ3n) is 12.6. The van der Waals surface area contributed by atoms with Crippen molar-refractivity contribution in [1.29, 1.82) is 0 Å². The molecule has 3 nitrogen and oxygen atoms in total. The molecule has 0 unspecified atom stereocenters. The van der Waals surface area contributed by atoms with E-state index in [4.69, 9.17) is 8.83 Å². The number of benzene rings is 8. The van der Waals surface area contributed by atoms with Crippen molar-refractivity contribution in [3.63, 3.8) is 0 Å². The van der Waals surface area contributed by atoms with Crippen molar-refractivity contribution in [3.05, 3.63) is 229 Å². The molecule has 278 valence electrons. The van der Waals surface area contributed by atoms with Gasteiger partial charge in [0.1, 0.15) is 16.7 Å². The molecule has 12 rings (SSSR count). The fraction of sp³-hybridized carbons (Fsp3) is 0.0357. The maximum absolute atomic E-state index is 7.42. The molecule has 0 saturated heterocycles.